The molecule has 24 heavy (non-hydrogen) atoms. The van der Waals surface area contributed by atoms with Crippen LogP contribution in [0.1, 0.15) is 16.7 Å². The van der Waals surface area contributed by atoms with Crippen molar-refractivity contribution in [2.24, 2.45) is 0 Å². The van der Waals surface area contributed by atoms with Crippen LogP contribution in [0.4, 0.5) is 0 Å². The van der Waals surface area contributed by atoms with Crippen molar-refractivity contribution in [2.75, 3.05) is 0 Å². The zero-order valence-electron chi connectivity index (χ0n) is 14.1. The lowest BCUT2D eigenvalue weighted by Gasteiger charge is -2.06. The zero-order valence-corrected chi connectivity index (χ0v) is 14.1. The van der Waals surface area contributed by atoms with Crippen LogP contribution in [-0.2, 0) is 0 Å². The predicted molar refractivity (Wildman–Crippen MR) is 103 cm³/mol. The molecule has 0 N–H and O–H groups in total. The number of furan rings is 1. The molecule has 0 amide bonds. The van der Waals surface area contributed by atoms with E-state index in [4.69, 9.17) is 4.42 Å². The van der Waals surface area contributed by atoms with E-state index in [1.165, 1.54) is 49.0 Å². The first-order chi connectivity index (χ1) is 11.6. The molecule has 1 nitrogen and oxygen atoms in total. The lowest BCUT2D eigenvalue weighted by molar-refractivity contribution is 0.672. The largest absolute Gasteiger partial charge is 0.455 e. The summed E-state index contributed by atoms with van der Waals surface area (Å²) in [6.45, 7) is 6.46. The number of fused-ring (bicyclic) bond motifs is 6. The Labute approximate surface area is 140 Å². The maximum Gasteiger partial charge on any atom is 0.143 e. The molecule has 116 valence electrons. The van der Waals surface area contributed by atoms with Gasteiger partial charge in [0.25, 0.3) is 0 Å². The van der Waals surface area contributed by atoms with E-state index in [9.17, 15) is 0 Å². The number of aryl methyl sites for hydroxylation is 3. The molecular formula is C23H18O. The Morgan fingerprint density at radius 1 is 0.583 bits per heavy atom. The molecular weight excluding hydrogens is 292 g/mol. The molecule has 1 aromatic heterocycles. The highest BCUT2D eigenvalue weighted by atomic mass is 16.3. The van der Waals surface area contributed by atoms with E-state index in [-0.39, 0.29) is 0 Å². The molecule has 0 spiro atoms. The fourth-order valence-electron chi connectivity index (χ4n) is 3.70. The lowest BCUT2D eigenvalue weighted by Crippen LogP contribution is -1.83. The number of hydrogen-bond acceptors (Lipinski definition) is 1. The van der Waals surface area contributed by atoms with Gasteiger partial charge in [0.05, 0.1) is 0 Å². The van der Waals surface area contributed by atoms with E-state index < -0.39 is 0 Å². The fraction of sp³-hybridized carbons (Fsp3) is 0.130. The minimum absolute atomic E-state index is 0.961. The Kier molecular flexibility index (Phi) is 2.62. The van der Waals surface area contributed by atoms with Gasteiger partial charge >= 0.3 is 0 Å². The lowest BCUT2D eigenvalue weighted by atomic mass is 9.98. The van der Waals surface area contributed by atoms with Gasteiger partial charge in [0.15, 0.2) is 0 Å². The highest BCUT2D eigenvalue weighted by Gasteiger charge is 2.11. The Bertz CT molecular complexity index is 1270. The summed E-state index contributed by atoms with van der Waals surface area (Å²) in [5.74, 6) is 0. The normalized spacial score (nSPS) is 12.0. The van der Waals surface area contributed by atoms with E-state index in [1.807, 2.05) is 0 Å². The van der Waals surface area contributed by atoms with Gasteiger partial charge in [0, 0.05) is 16.2 Å². The van der Waals surface area contributed by atoms with Crippen LogP contribution >= 0.6 is 0 Å². The second kappa shape index (κ2) is 4.61. The highest BCUT2D eigenvalue weighted by molar-refractivity contribution is 6.17. The van der Waals surface area contributed by atoms with E-state index in [1.54, 1.807) is 0 Å². The third-order valence-electron chi connectivity index (χ3n) is 5.18. The summed E-state index contributed by atoms with van der Waals surface area (Å²) in [6, 6.07) is 19.9. The Balaban J connectivity index is 1.97. The maximum atomic E-state index is 6.22. The van der Waals surface area contributed by atoms with Gasteiger partial charge in [0.1, 0.15) is 11.2 Å². The summed E-state index contributed by atoms with van der Waals surface area (Å²) in [5, 5.41) is 7.38. The smallest absolute Gasteiger partial charge is 0.143 e. The minimum atomic E-state index is 0.961. The summed E-state index contributed by atoms with van der Waals surface area (Å²) in [6.07, 6.45) is 0. The van der Waals surface area contributed by atoms with Crippen LogP contribution in [0.3, 0.4) is 0 Å². The third kappa shape index (κ3) is 1.81. The van der Waals surface area contributed by atoms with Crippen LogP contribution in [0.25, 0.3) is 43.5 Å². The van der Waals surface area contributed by atoms with E-state index >= 15 is 0 Å². The first-order valence-corrected chi connectivity index (χ1v) is 8.37. The van der Waals surface area contributed by atoms with Gasteiger partial charge < -0.3 is 4.42 Å². The molecule has 1 heteroatoms. The second-order valence-corrected chi connectivity index (χ2v) is 6.90. The van der Waals surface area contributed by atoms with Crippen molar-refractivity contribution in [2.45, 2.75) is 20.8 Å². The van der Waals surface area contributed by atoms with Gasteiger partial charge in [0.2, 0.25) is 0 Å². The van der Waals surface area contributed by atoms with E-state index in [0.717, 1.165) is 11.2 Å². The molecule has 5 rings (SSSR count). The first kappa shape index (κ1) is 13.6. The second-order valence-electron chi connectivity index (χ2n) is 6.90. The average Bonchev–Trinajstić information content (AvgIpc) is 2.93. The summed E-state index contributed by atoms with van der Waals surface area (Å²) >= 11 is 0. The average molecular weight is 310 g/mol. The maximum absolute atomic E-state index is 6.22. The highest BCUT2D eigenvalue weighted by Crippen LogP contribution is 2.36. The zero-order chi connectivity index (χ0) is 16.4. The van der Waals surface area contributed by atoms with E-state index in [2.05, 4.69) is 75.4 Å². The monoisotopic (exact) mass is 310 g/mol. The van der Waals surface area contributed by atoms with Crippen molar-refractivity contribution in [3.05, 3.63) is 71.3 Å². The fourth-order valence-corrected chi connectivity index (χ4v) is 3.70. The SMILES string of the molecule is Cc1ccc2oc3c4cc5cc(C)c(C)cc5cc4ccc3c2c1. The van der Waals surface area contributed by atoms with Crippen LogP contribution < -0.4 is 0 Å². The van der Waals surface area contributed by atoms with Crippen LogP contribution in [0.5, 0.6) is 0 Å². The topological polar surface area (TPSA) is 13.1 Å². The first-order valence-electron chi connectivity index (χ1n) is 8.37. The molecule has 0 bridgehead atoms. The Morgan fingerprint density at radius 2 is 1.33 bits per heavy atom. The van der Waals surface area contributed by atoms with Crippen LogP contribution in [0, 0.1) is 20.8 Å². The molecule has 5 aromatic rings. The Hall–Kier alpha value is -2.80. The number of rotatable bonds is 0. The molecule has 0 saturated carbocycles. The van der Waals surface area contributed by atoms with Gasteiger partial charge in [-0.15, -0.1) is 0 Å². The molecule has 0 saturated heterocycles. The number of hydrogen-bond donors (Lipinski definition) is 0. The summed E-state index contributed by atoms with van der Waals surface area (Å²) in [7, 11) is 0. The number of benzene rings is 4. The van der Waals surface area contributed by atoms with Gasteiger partial charge in [-0.3, -0.25) is 0 Å². The quantitative estimate of drug-likeness (QED) is 0.286. The van der Waals surface area contributed by atoms with Crippen molar-refractivity contribution in [3.63, 3.8) is 0 Å². The summed E-state index contributed by atoms with van der Waals surface area (Å²) < 4.78 is 6.22. The van der Waals surface area contributed by atoms with Crippen molar-refractivity contribution in [1.29, 1.82) is 0 Å². The van der Waals surface area contributed by atoms with Gasteiger partial charge in [-0.25, -0.2) is 0 Å². The van der Waals surface area contributed by atoms with Gasteiger partial charge in [-0.1, -0.05) is 29.8 Å². The molecule has 0 unspecified atom stereocenters. The summed E-state index contributed by atoms with van der Waals surface area (Å²) in [4.78, 5) is 0. The standard InChI is InChI=1S/C23H18O/c1-13-4-7-22-21(8-13)19-6-5-16-11-17-9-14(2)15(3)10-18(17)12-20(16)23(19)24-22/h4-12H,1-3H3. The van der Waals surface area contributed by atoms with E-state index in [0.29, 0.717) is 0 Å². The third-order valence-corrected chi connectivity index (χ3v) is 5.18. The minimum Gasteiger partial charge on any atom is -0.455 e. The molecule has 1 heterocycles. The van der Waals surface area contributed by atoms with Crippen LogP contribution in [0.2, 0.25) is 0 Å². The van der Waals surface area contributed by atoms with Gasteiger partial charge in [-0.2, -0.15) is 0 Å². The predicted octanol–water partition coefficient (Wildman–Crippen LogP) is 6.82. The van der Waals surface area contributed by atoms with Crippen molar-refractivity contribution in [1.82, 2.24) is 0 Å². The molecule has 0 atom stereocenters. The van der Waals surface area contributed by atoms with Crippen molar-refractivity contribution >= 4 is 43.5 Å². The molecule has 0 radical (unpaired) electrons. The van der Waals surface area contributed by atoms with Crippen molar-refractivity contribution in [3.8, 4) is 0 Å². The van der Waals surface area contributed by atoms with Crippen LogP contribution in [0.15, 0.2) is 59.0 Å². The van der Waals surface area contributed by atoms with Crippen molar-refractivity contribution < 1.29 is 4.42 Å². The molecule has 0 aliphatic rings. The molecule has 0 aliphatic heterocycles. The molecule has 0 fully saturated rings. The molecule has 4 aromatic carbocycles. The Morgan fingerprint density at radius 3 is 2.12 bits per heavy atom. The summed E-state index contributed by atoms with van der Waals surface area (Å²) in [5.41, 5.74) is 5.88. The van der Waals surface area contributed by atoms with Crippen LogP contribution in [-0.4, -0.2) is 0 Å². The van der Waals surface area contributed by atoms with Gasteiger partial charge in [-0.05, 0) is 78.4 Å². The molecule has 0 aliphatic carbocycles.